The molecule has 1 unspecified atom stereocenters. The fourth-order valence-electron chi connectivity index (χ4n) is 3.44. The van der Waals surface area contributed by atoms with E-state index in [1.807, 2.05) is 0 Å². The molecule has 2 rings (SSSR count). The van der Waals surface area contributed by atoms with E-state index in [0.29, 0.717) is 10.8 Å². The minimum Gasteiger partial charge on any atom is -0.317 e. The highest BCUT2D eigenvalue weighted by Gasteiger charge is 2.45. The van der Waals surface area contributed by atoms with Crippen molar-refractivity contribution in [2.24, 2.45) is 16.7 Å². The second-order valence-corrected chi connectivity index (χ2v) is 7.02. The first-order valence-corrected chi connectivity index (χ1v) is 7.49. The summed E-state index contributed by atoms with van der Waals surface area (Å²) in [6.07, 6.45) is 6.87. The summed E-state index contributed by atoms with van der Waals surface area (Å²) in [7, 11) is 0. The predicted octanol–water partition coefficient (Wildman–Crippen LogP) is 2.79. The number of rotatable bonds is 6. The van der Waals surface area contributed by atoms with Crippen LogP contribution >= 0.6 is 0 Å². The van der Waals surface area contributed by atoms with Crippen LogP contribution in [0.15, 0.2) is 0 Å². The Bertz CT molecular complexity index is 236. The van der Waals surface area contributed by atoms with Crippen LogP contribution in [-0.4, -0.2) is 26.2 Å². The number of hydrogen-bond acceptors (Lipinski definition) is 2. The van der Waals surface area contributed by atoms with Gasteiger partial charge in [0.25, 0.3) is 0 Å². The van der Waals surface area contributed by atoms with Gasteiger partial charge in [0.2, 0.25) is 0 Å². The van der Waals surface area contributed by atoms with Crippen molar-refractivity contribution >= 4 is 0 Å². The van der Waals surface area contributed by atoms with E-state index >= 15 is 0 Å². The molecule has 0 spiro atoms. The van der Waals surface area contributed by atoms with Crippen LogP contribution in [0.3, 0.4) is 0 Å². The smallest absolute Gasteiger partial charge is 0.000888 e. The van der Waals surface area contributed by atoms with E-state index in [4.69, 9.17) is 0 Å². The number of hydrogen-bond donors (Lipinski definition) is 2. The van der Waals surface area contributed by atoms with Gasteiger partial charge in [-0.3, -0.25) is 0 Å². The molecular weight excluding hydrogens is 208 g/mol. The van der Waals surface area contributed by atoms with Gasteiger partial charge in [0, 0.05) is 6.54 Å². The van der Waals surface area contributed by atoms with Gasteiger partial charge in [0.15, 0.2) is 0 Å². The molecule has 0 aromatic rings. The first-order valence-electron chi connectivity index (χ1n) is 7.49. The average molecular weight is 238 g/mol. The van der Waals surface area contributed by atoms with Crippen molar-refractivity contribution in [2.45, 2.75) is 52.9 Å². The minimum absolute atomic E-state index is 0.596. The second-order valence-electron chi connectivity index (χ2n) is 7.02. The maximum atomic E-state index is 3.77. The molecule has 1 saturated carbocycles. The van der Waals surface area contributed by atoms with Gasteiger partial charge < -0.3 is 10.6 Å². The van der Waals surface area contributed by atoms with E-state index in [-0.39, 0.29) is 0 Å². The standard InChI is InChI=1S/C15H30N2/c1-4-5-15(6-8-16-9-7-15)12-17-11-13-10-14(13,2)3/h13,16-17H,4-12H2,1-3H3. The Morgan fingerprint density at radius 3 is 2.41 bits per heavy atom. The molecule has 1 saturated heterocycles. The maximum absolute atomic E-state index is 3.77. The first-order chi connectivity index (χ1) is 8.08. The molecule has 100 valence electrons. The zero-order valence-electron chi connectivity index (χ0n) is 11.9. The maximum Gasteiger partial charge on any atom is 0.000888 e. The van der Waals surface area contributed by atoms with E-state index < -0.39 is 0 Å². The van der Waals surface area contributed by atoms with Crippen LogP contribution in [0.2, 0.25) is 0 Å². The first kappa shape index (κ1) is 13.4. The summed E-state index contributed by atoms with van der Waals surface area (Å²) in [5.74, 6) is 0.933. The van der Waals surface area contributed by atoms with E-state index in [9.17, 15) is 0 Å². The van der Waals surface area contributed by atoms with Gasteiger partial charge in [-0.15, -0.1) is 0 Å². The molecule has 2 aliphatic rings. The fourth-order valence-corrected chi connectivity index (χ4v) is 3.44. The van der Waals surface area contributed by atoms with Gasteiger partial charge >= 0.3 is 0 Å². The van der Waals surface area contributed by atoms with E-state index in [0.717, 1.165) is 5.92 Å². The number of piperidine rings is 1. The molecule has 1 atom stereocenters. The predicted molar refractivity (Wildman–Crippen MR) is 74.2 cm³/mol. The molecule has 2 fully saturated rings. The Kier molecular flexibility index (Phi) is 4.14. The Morgan fingerprint density at radius 1 is 1.24 bits per heavy atom. The van der Waals surface area contributed by atoms with Gasteiger partial charge in [-0.25, -0.2) is 0 Å². The molecule has 2 nitrogen and oxygen atoms in total. The third kappa shape index (κ3) is 3.45. The lowest BCUT2D eigenvalue weighted by atomic mass is 9.75. The lowest BCUT2D eigenvalue weighted by Crippen LogP contribution is -2.43. The van der Waals surface area contributed by atoms with Crippen molar-refractivity contribution in [1.82, 2.24) is 10.6 Å². The summed E-state index contributed by atoms with van der Waals surface area (Å²) in [6.45, 7) is 12.0. The summed E-state index contributed by atoms with van der Waals surface area (Å²) in [5.41, 5.74) is 1.22. The normalized spacial score (nSPS) is 30.2. The quantitative estimate of drug-likeness (QED) is 0.743. The van der Waals surface area contributed by atoms with Gasteiger partial charge in [-0.05, 0) is 62.1 Å². The summed E-state index contributed by atoms with van der Waals surface area (Å²) in [4.78, 5) is 0. The largest absolute Gasteiger partial charge is 0.317 e. The molecule has 1 aliphatic heterocycles. The van der Waals surface area contributed by atoms with Crippen molar-refractivity contribution in [3.05, 3.63) is 0 Å². The zero-order valence-corrected chi connectivity index (χ0v) is 11.9. The molecule has 2 N–H and O–H groups in total. The summed E-state index contributed by atoms with van der Waals surface area (Å²) in [5, 5.41) is 7.27. The molecule has 0 aromatic heterocycles. The van der Waals surface area contributed by atoms with Crippen molar-refractivity contribution < 1.29 is 0 Å². The topological polar surface area (TPSA) is 24.1 Å². The zero-order chi connectivity index (χ0) is 12.4. The van der Waals surface area contributed by atoms with Gasteiger partial charge in [0.05, 0.1) is 0 Å². The van der Waals surface area contributed by atoms with Crippen LogP contribution in [-0.2, 0) is 0 Å². The molecule has 17 heavy (non-hydrogen) atoms. The van der Waals surface area contributed by atoms with Gasteiger partial charge in [-0.1, -0.05) is 27.2 Å². The van der Waals surface area contributed by atoms with Crippen LogP contribution in [0.1, 0.15) is 52.9 Å². The minimum atomic E-state index is 0.596. The Hall–Kier alpha value is -0.0800. The van der Waals surface area contributed by atoms with E-state index in [1.54, 1.807) is 0 Å². The summed E-state index contributed by atoms with van der Waals surface area (Å²) < 4.78 is 0. The van der Waals surface area contributed by atoms with Crippen LogP contribution in [0.25, 0.3) is 0 Å². The lowest BCUT2D eigenvalue weighted by Gasteiger charge is -2.38. The third-order valence-electron chi connectivity index (χ3n) is 5.05. The third-order valence-corrected chi connectivity index (χ3v) is 5.05. The summed E-state index contributed by atoms with van der Waals surface area (Å²) in [6, 6.07) is 0. The van der Waals surface area contributed by atoms with Crippen LogP contribution in [0.5, 0.6) is 0 Å². The highest BCUT2D eigenvalue weighted by molar-refractivity contribution is 4.97. The monoisotopic (exact) mass is 238 g/mol. The molecule has 1 aliphatic carbocycles. The van der Waals surface area contributed by atoms with Crippen LogP contribution < -0.4 is 10.6 Å². The highest BCUT2D eigenvalue weighted by Crippen LogP contribution is 2.51. The Labute approximate surface area is 107 Å². The molecule has 2 heteroatoms. The SMILES string of the molecule is CCCC1(CNCC2CC2(C)C)CCNCC1. The summed E-state index contributed by atoms with van der Waals surface area (Å²) >= 11 is 0. The highest BCUT2D eigenvalue weighted by atomic mass is 14.9. The number of nitrogens with one attached hydrogen (secondary N) is 2. The molecule has 0 bridgehead atoms. The van der Waals surface area contributed by atoms with Crippen molar-refractivity contribution in [3.8, 4) is 0 Å². The van der Waals surface area contributed by atoms with E-state index in [2.05, 4.69) is 31.4 Å². The van der Waals surface area contributed by atoms with Gasteiger partial charge in [-0.2, -0.15) is 0 Å². The van der Waals surface area contributed by atoms with Crippen LogP contribution in [0, 0.1) is 16.7 Å². The Balaban J connectivity index is 1.73. The lowest BCUT2D eigenvalue weighted by molar-refractivity contribution is 0.175. The van der Waals surface area contributed by atoms with Crippen molar-refractivity contribution in [2.75, 3.05) is 26.2 Å². The molecular formula is C15H30N2. The molecule has 0 aromatic carbocycles. The Morgan fingerprint density at radius 2 is 1.88 bits per heavy atom. The van der Waals surface area contributed by atoms with Crippen LogP contribution in [0.4, 0.5) is 0 Å². The molecule has 0 radical (unpaired) electrons. The molecule has 1 heterocycles. The van der Waals surface area contributed by atoms with Crippen molar-refractivity contribution in [3.63, 3.8) is 0 Å². The fraction of sp³-hybridized carbons (Fsp3) is 1.00. The second kappa shape index (κ2) is 5.27. The van der Waals surface area contributed by atoms with Gasteiger partial charge in [0.1, 0.15) is 0 Å². The van der Waals surface area contributed by atoms with E-state index in [1.165, 1.54) is 58.3 Å². The molecule has 0 amide bonds. The van der Waals surface area contributed by atoms with Crippen molar-refractivity contribution in [1.29, 1.82) is 0 Å². The average Bonchev–Trinajstić information content (AvgIpc) is 2.88.